The molecule has 0 aromatic heterocycles. The largest absolute Gasteiger partial charge is 0.359 e. The van der Waals surface area contributed by atoms with Gasteiger partial charge in [-0.15, -0.1) is 5.92 Å². The van der Waals surface area contributed by atoms with Crippen molar-refractivity contribution in [3.05, 3.63) is 142 Å². The lowest BCUT2D eigenvalue weighted by atomic mass is 9.70. The fourth-order valence-electron chi connectivity index (χ4n) is 6.98. The van der Waals surface area contributed by atoms with Crippen LogP contribution >= 0.6 is 0 Å². The van der Waals surface area contributed by atoms with Crippen molar-refractivity contribution in [2.24, 2.45) is 0 Å². The maximum Gasteiger partial charge on any atom is 0.0386 e. The zero-order chi connectivity index (χ0) is 32.9. The van der Waals surface area contributed by atoms with Gasteiger partial charge in [-0.25, -0.2) is 0 Å². The molecule has 46 heavy (non-hydrogen) atoms. The first kappa shape index (κ1) is 34.6. The average molecular weight is 608 g/mol. The minimum Gasteiger partial charge on any atom is -0.359 e. The van der Waals surface area contributed by atoms with E-state index in [9.17, 15) is 0 Å². The zero-order valence-corrected chi connectivity index (χ0v) is 29.1. The van der Waals surface area contributed by atoms with Gasteiger partial charge in [-0.3, -0.25) is 0 Å². The Balaban J connectivity index is 0.000000363. The zero-order valence-electron chi connectivity index (χ0n) is 29.1. The van der Waals surface area contributed by atoms with Gasteiger partial charge in [-0.05, 0) is 128 Å². The summed E-state index contributed by atoms with van der Waals surface area (Å²) in [6.45, 7) is 17.4. The van der Waals surface area contributed by atoms with Crippen LogP contribution in [0.1, 0.15) is 106 Å². The van der Waals surface area contributed by atoms with Crippen molar-refractivity contribution in [3.8, 4) is 23.0 Å². The van der Waals surface area contributed by atoms with Crippen LogP contribution in [0, 0.1) is 25.7 Å². The second-order valence-electron chi connectivity index (χ2n) is 13.0. The number of hydrogen-bond donors (Lipinski definition) is 1. The summed E-state index contributed by atoms with van der Waals surface area (Å²) in [4.78, 5) is 0. The summed E-state index contributed by atoms with van der Waals surface area (Å²) in [7, 11) is 0. The van der Waals surface area contributed by atoms with Crippen molar-refractivity contribution in [1.29, 1.82) is 0 Å². The van der Waals surface area contributed by atoms with Gasteiger partial charge in [-0.1, -0.05) is 124 Å². The Morgan fingerprint density at radius 2 is 1.48 bits per heavy atom. The standard InChI is InChI=1S/C34H41N.C11H12/c1-7-11-29-12-10-13-31(25-29)30-14-16-32(17-15-30)34(19-8-2,20-9-3)21-18-28(6)35-33-23-26(4)22-27(5)24-33;1-2-9-7-10-5-3-4-6-11(10)8-9/h10,12-17,22-25,35H,6,8-9,18-21H2,1-5H3;3-7H,2,8H2,1H3. The molecule has 1 aliphatic rings. The molecule has 0 atom stereocenters. The predicted octanol–water partition coefficient (Wildman–Crippen LogP) is 12.6. The molecule has 4 aromatic carbocycles. The molecule has 0 saturated carbocycles. The molecule has 0 heterocycles. The topological polar surface area (TPSA) is 12.0 Å². The van der Waals surface area contributed by atoms with E-state index in [4.69, 9.17) is 0 Å². The second kappa shape index (κ2) is 16.9. The number of allylic oxidation sites excluding steroid dienone is 2. The van der Waals surface area contributed by atoms with Crippen LogP contribution in [0.4, 0.5) is 5.69 Å². The van der Waals surface area contributed by atoms with Crippen molar-refractivity contribution >= 4 is 11.8 Å². The lowest BCUT2D eigenvalue weighted by Crippen LogP contribution is -2.26. The molecular weight excluding hydrogens is 555 g/mol. The summed E-state index contributed by atoms with van der Waals surface area (Å²) in [5.41, 5.74) is 14.4. The molecule has 0 spiro atoms. The fourth-order valence-corrected chi connectivity index (χ4v) is 6.98. The number of rotatable bonds is 12. The van der Waals surface area contributed by atoms with E-state index in [1.165, 1.54) is 77.5 Å². The first-order valence-corrected chi connectivity index (χ1v) is 17.2. The third kappa shape index (κ3) is 9.37. The Hall–Kier alpha value is -4.28. The Kier molecular flexibility index (Phi) is 12.7. The molecule has 0 amide bonds. The summed E-state index contributed by atoms with van der Waals surface area (Å²) in [6.07, 6.45) is 11.5. The minimum atomic E-state index is 0.171. The van der Waals surface area contributed by atoms with E-state index in [0.717, 1.165) is 29.8 Å². The van der Waals surface area contributed by atoms with Gasteiger partial charge < -0.3 is 5.32 Å². The summed E-state index contributed by atoms with van der Waals surface area (Å²) in [5.74, 6) is 6.17. The van der Waals surface area contributed by atoms with Crippen LogP contribution in [-0.4, -0.2) is 0 Å². The number of nitrogens with one attached hydrogen (secondary N) is 1. The van der Waals surface area contributed by atoms with Crippen LogP contribution in [0.15, 0.2) is 109 Å². The van der Waals surface area contributed by atoms with Gasteiger partial charge >= 0.3 is 0 Å². The van der Waals surface area contributed by atoms with Crippen LogP contribution in [0.3, 0.4) is 0 Å². The van der Waals surface area contributed by atoms with Crippen LogP contribution in [-0.2, 0) is 11.8 Å². The van der Waals surface area contributed by atoms with Gasteiger partial charge in [0.2, 0.25) is 0 Å². The predicted molar refractivity (Wildman–Crippen MR) is 202 cm³/mol. The van der Waals surface area contributed by atoms with Crippen molar-refractivity contribution < 1.29 is 0 Å². The molecule has 1 heteroatoms. The van der Waals surface area contributed by atoms with Crippen LogP contribution < -0.4 is 5.32 Å². The molecular formula is C45H53N. The maximum atomic E-state index is 4.38. The molecule has 1 nitrogen and oxygen atoms in total. The van der Waals surface area contributed by atoms with Gasteiger partial charge in [0.15, 0.2) is 0 Å². The van der Waals surface area contributed by atoms with Crippen LogP contribution in [0.5, 0.6) is 0 Å². The first-order chi connectivity index (χ1) is 22.3. The molecule has 238 valence electrons. The Morgan fingerprint density at radius 3 is 2.11 bits per heavy atom. The maximum absolute atomic E-state index is 4.38. The van der Waals surface area contributed by atoms with Crippen LogP contribution in [0.25, 0.3) is 17.2 Å². The highest BCUT2D eigenvalue weighted by Crippen LogP contribution is 2.40. The molecule has 0 aliphatic heterocycles. The first-order valence-electron chi connectivity index (χ1n) is 17.2. The van der Waals surface area contributed by atoms with Crippen molar-refractivity contribution in [2.75, 3.05) is 5.32 Å². The Morgan fingerprint density at radius 1 is 0.783 bits per heavy atom. The van der Waals surface area contributed by atoms with Gasteiger partial charge in [0.1, 0.15) is 0 Å². The summed E-state index contributed by atoms with van der Waals surface area (Å²) in [6, 6.07) is 33.0. The van der Waals surface area contributed by atoms with Crippen LogP contribution in [0.2, 0.25) is 0 Å². The normalized spacial score (nSPS) is 11.8. The summed E-state index contributed by atoms with van der Waals surface area (Å²) in [5, 5.41) is 3.57. The molecule has 0 bridgehead atoms. The molecule has 0 unspecified atom stereocenters. The smallest absolute Gasteiger partial charge is 0.0386 e. The number of benzene rings is 4. The number of anilines is 1. The number of fused-ring (bicyclic) bond motifs is 1. The van der Waals surface area contributed by atoms with Crippen molar-refractivity contribution in [3.63, 3.8) is 0 Å². The van der Waals surface area contributed by atoms with Gasteiger partial charge in [-0.2, -0.15) is 0 Å². The molecule has 4 aromatic rings. The Labute approximate surface area is 279 Å². The summed E-state index contributed by atoms with van der Waals surface area (Å²) < 4.78 is 0. The molecule has 1 N–H and O–H groups in total. The van der Waals surface area contributed by atoms with Gasteiger partial charge in [0.25, 0.3) is 0 Å². The van der Waals surface area contributed by atoms with E-state index in [0.29, 0.717) is 0 Å². The fraction of sp³-hybridized carbons (Fsp3) is 0.333. The van der Waals surface area contributed by atoms with E-state index in [1.807, 2.05) is 6.92 Å². The monoisotopic (exact) mass is 607 g/mol. The van der Waals surface area contributed by atoms with Gasteiger partial charge in [0.05, 0.1) is 0 Å². The molecule has 0 radical (unpaired) electrons. The molecule has 0 saturated heterocycles. The minimum absolute atomic E-state index is 0.171. The van der Waals surface area contributed by atoms with E-state index in [1.54, 1.807) is 5.57 Å². The van der Waals surface area contributed by atoms with Crippen molar-refractivity contribution in [1.82, 2.24) is 0 Å². The van der Waals surface area contributed by atoms with Gasteiger partial charge in [0, 0.05) is 16.9 Å². The molecule has 5 rings (SSSR count). The lowest BCUT2D eigenvalue weighted by molar-refractivity contribution is 0.330. The van der Waals surface area contributed by atoms with E-state index in [-0.39, 0.29) is 5.41 Å². The van der Waals surface area contributed by atoms with Crippen molar-refractivity contribution in [2.45, 2.75) is 98.3 Å². The van der Waals surface area contributed by atoms with E-state index < -0.39 is 0 Å². The highest BCUT2D eigenvalue weighted by atomic mass is 14.9. The molecule has 1 aliphatic carbocycles. The number of aryl methyl sites for hydroxylation is 2. The quantitative estimate of drug-likeness (QED) is 0.158. The average Bonchev–Trinajstić information content (AvgIpc) is 3.48. The van der Waals surface area contributed by atoms with E-state index in [2.05, 4.69) is 155 Å². The summed E-state index contributed by atoms with van der Waals surface area (Å²) >= 11 is 0. The third-order valence-electron chi connectivity index (χ3n) is 9.15. The van der Waals surface area contributed by atoms with E-state index >= 15 is 0 Å². The lowest BCUT2D eigenvalue weighted by Gasteiger charge is -2.35. The number of hydrogen-bond acceptors (Lipinski definition) is 1. The highest BCUT2D eigenvalue weighted by Gasteiger charge is 2.30. The SMILES string of the molecule is C=C(CCC(CCC)(CCC)c1ccc(-c2cccc(C#CC)c2)cc1)Nc1cc(C)cc(C)c1.CCC1=Cc2ccccc2C1. The second-order valence-corrected chi connectivity index (χ2v) is 13.0. The highest BCUT2D eigenvalue weighted by molar-refractivity contribution is 5.66. The Bertz CT molecular complexity index is 1660. The molecule has 0 fully saturated rings. The third-order valence-corrected chi connectivity index (χ3v) is 9.15.